The molecule has 0 aliphatic heterocycles. The molecule has 1 saturated carbocycles. The summed E-state index contributed by atoms with van der Waals surface area (Å²) in [5, 5.41) is 14.5. The molecule has 1 N–H and O–H groups in total. The molecule has 2 aromatic heterocycles. The Bertz CT molecular complexity index is 1250. The number of aromatic carboxylic acids is 1. The minimum Gasteiger partial charge on any atom is -0.477 e. The van der Waals surface area contributed by atoms with Crippen LogP contribution in [0.25, 0.3) is 16.8 Å². The van der Waals surface area contributed by atoms with Crippen molar-refractivity contribution >= 4 is 23.5 Å². The van der Waals surface area contributed by atoms with Crippen LogP contribution in [0.5, 0.6) is 0 Å². The minimum atomic E-state index is -1.12. The summed E-state index contributed by atoms with van der Waals surface area (Å²) in [7, 11) is 0. The third kappa shape index (κ3) is 5.22. The molecule has 2 heterocycles. The quantitative estimate of drug-likeness (QED) is 0.446. The number of nitrogens with zero attached hydrogens (tertiary/aromatic N) is 4. The van der Waals surface area contributed by atoms with Crippen molar-refractivity contribution < 1.29 is 19.5 Å². The second-order valence-corrected chi connectivity index (χ2v) is 9.91. The maximum Gasteiger partial charge on any atom is 0.341 e. The molecule has 188 valence electrons. The lowest BCUT2D eigenvalue weighted by atomic mass is 9.82. The Labute approximate surface area is 211 Å². The number of carboxylic acids is 1. The fraction of sp³-hybridized carbons (Fsp3) is 0.393. The Hall–Kier alpha value is -3.81. The number of hydrogen-bond donors (Lipinski definition) is 1. The number of amides is 1. The van der Waals surface area contributed by atoms with Gasteiger partial charge in [-0.25, -0.2) is 9.48 Å². The molecule has 1 aliphatic carbocycles. The van der Waals surface area contributed by atoms with Crippen LogP contribution in [-0.4, -0.2) is 43.6 Å². The first-order valence-electron chi connectivity index (χ1n) is 12.4. The molecule has 8 nitrogen and oxygen atoms in total. The molecular formula is C28H32N4O4. The van der Waals surface area contributed by atoms with Gasteiger partial charge in [0, 0.05) is 36.8 Å². The van der Waals surface area contributed by atoms with Gasteiger partial charge in [0.1, 0.15) is 11.3 Å². The molecule has 3 aromatic rings. The lowest BCUT2D eigenvalue weighted by Gasteiger charge is -2.32. The number of anilines is 1. The number of benzene rings is 1. The molecule has 1 amide bonds. The second-order valence-electron chi connectivity index (χ2n) is 9.91. The largest absolute Gasteiger partial charge is 0.477 e. The van der Waals surface area contributed by atoms with Crippen LogP contribution in [0.3, 0.4) is 0 Å². The number of pyridine rings is 1. The highest BCUT2D eigenvalue weighted by Gasteiger charge is 2.34. The van der Waals surface area contributed by atoms with E-state index < -0.39 is 5.97 Å². The lowest BCUT2D eigenvalue weighted by Crippen LogP contribution is -2.43. The van der Waals surface area contributed by atoms with Gasteiger partial charge in [0.05, 0.1) is 5.69 Å². The summed E-state index contributed by atoms with van der Waals surface area (Å²) in [5.41, 5.74) is 2.83. The van der Waals surface area contributed by atoms with Crippen molar-refractivity contribution in [3.63, 3.8) is 0 Å². The molecule has 0 saturated heterocycles. The van der Waals surface area contributed by atoms with Crippen molar-refractivity contribution in [3.05, 3.63) is 60.0 Å². The number of aromatic nitrogens is 3. The Morgan fingerprint density at radius 1 is 1.00 bits per heavy atom. The standard InChI is InChI=1S/C28H32N4O4/c1-17(2)32(27(34)21-7-5-18(3)6-8-21)26-24(28(35)36)16-31(30-26)23-12-9-20(10-13-23)22-11-14-25(19(4)33)29-15-22/h9-18,21H,5-8H2,1-4H3,(H,35,36). The summed E-state index contributed by atoms with van der Waals surface area (Å²) in [6, 6.07) is 10.7. The van der Waals surface area contributed by atoms with E-state index in [0.29, 0.717) is 17.3 Å². The van der Waals surface area contributed by atoms with Gasteiger partial charge in [-0.2, -0.15) is 0 Å². The van der Waals surface area contributed by atoms with Gasteiger partial charge in [-0.1, -0.05) is 25.1 Å². The molecule has 0 radical (unpaired) electrons. The van der Waals surface area contributed by atoms with E-state index in [1.54, 1.807) is 17.2 Å². The van der Waals surface area contributed by atoms with Crippen LogP contribution >= 0.6 is 0 Å². The SMILES string of the molecule is CC(=O)c1ccc(-c2ccc(-n3cc(C(=O)O)c(N(C(=O)C4CCC(C)CC4)C(C)C)n3)cc2)cn1. The van der Waals surface area contributed by atoms with Gasteiger partial charge in [-0.05, 0) is 69.2 Å². The molecule has 4 rings (SSSR count). The normalized spacial score (nSPS) is 17.7. The molecule has 0 bridgehead atoms. The van der Waals surface area contributed by atoms with E-state index in [9.17, 15) is 19.5 Å². The van der Waals surface area contributed by atoms with Crippen LogP contribution in [0.2, 0.25) is 0 Å². The van der Waals surface area contributed by atoms with Gasteiger partial charge in [0.15, 0.2) is 11.6 Å². The zero-order chi connectivity index (χ0) is 26.0. The number of Topliss-reactive ketones (excluding diaryl/α,β-unsaturated/α-hetero) is 1. The molecular weight excluding hydrogens is 456 g/mol. The molecule has 0 unspecified atom stereocenters. The molecule has 0 atom stereocenters. The zero-order valence-corrected chi connectivity index (χ0v) is 21.1. The van der Waals surface area contributed by atoms with Gasteiger partial charge in [-0.3, -0.25) is 19.5 Å². The zero-order valence-electron chi connectivity index (χ0n) is 21.1. The summed E-state index contributed by atoms with van der Waals surface area (Å²) in [4.78, 5) is 42.8. The Balaban J connectivity index is 1.64. The highest BCUT2D eigenvalue weighted by molar-refractivity contribution is 6.01. The summed E-state index contributed by atoms with van der Waals surface area (Å²) >= 11 is 0. The van der Waals surface area contributed by atoms with Gasteiger partial charge < -0.3 is 5.11 Å². The van der Waals surface area contributed by atoms with Crippen molar-refractivity contribution in [1.29, 1.82) is 0 Å². The molecule has 0 spiro atoms. The number of hydrogen-bond acceptors (Lipinski definition) is 5. The summed E-state index contributed by atoms with van der Waals surface area (Å²) in [6.07, 6.45) is 6.75. The maximum atomic E-state index is 13.5. The minimum absolute atomic E-state index is 0.00525. The molecule has 1 aliphatic rings. The lowest BCUT2D eigenvalue weighted by molar-refractivity contribution is -0.124. The highest BCUT2D eigenvalue weighted by Crippen LogP contribution is 2.33. The Morgan fingerprint density at radius 3 is 2.17 bits per heavy atom. The van der Waals surface area contributed by atoms with Crippen LogP contribution in [0, 0.1) is 11.8 Å². The van der Waals surface area contributed by atoms with E-state index in [0.717, 1.165) is 36.8 Å². The average molecular weight is 489 g/mol. The molecule has 1 aromatic carbocycles. The van der Waals surface area contributed by atoms with E-state index in [1.807, 2.05) is 44.2 Å². The first kappa shape index (κ1) is 25.3. The molecule has 1 fully saturated rings. The highest BCUT2D eigenvalue weighted by atomic mass is 16.4. The fourth-order valence-corrected chi connectivity index (χ4v) is 4.71. The van der Waals surface area contributed by atoms with Gasteiger partial charge in [-0.15, -0.1) is 5.10 Å². The van der Waals surface area contributed by atoms with E-state index in [1.165, 1.54) is 17.8 Å². The summed E-state index contributed by atoms with van der Waals surface area (Å²) in [6.45, 7) is 7.45. The molecule has 36 heavy (non-hydrogen) atoms. The van der Waals surface area contributed by atoms with Crippen molar-refractivity contribution in [3.8, 4) is 16.8 Å². The summed E-state index contributed by atoms with van der Waals surface area (Å²) < 4.78 is 1.51. The number of rotatable bonds is 7. The fourth-order valence-electron chi connectivity index (χ4n) is 4.71. The van der Waals surface area contributed by atoms with Gasteiger partial charge >= 0.3 is 5.97 Å². The number of carbonyl (C=O) groups is 3. The number of carboxylic acid groups (broad SMARTS) is 1. The number of carbonyl (C=O) groups excluding carboxylic acids is 2. The first-order chi connectivity index (χ1) is 17.2. The van der Waals surface area contributed by atoms with Crippen molar-refractivity contribution in [2.75, 3.05) is 4.90 Å². The van der Waals surface area contributed by atoms with E-state index in [4.69, 9.17) is 0 Å². The van der Waals surface area contributed by atoms with Crippen LogP contribution in [0.15, 0.2) is 48.8 Å². The predicted molar refractivity (Wildman–Crippen MR) is 138 cm³/mol. The van der Waals surface area contributed by atoms with Crippen molar-refractivity contribution in [2.24, 2.45) is 11.8 Å². The van der Waals surface area contributed by atoms with Crippen LogP contribution in [0.1, 0.15) is 74.2 Å². The average Bonchev–Trinajstić information content (AvgIpc) is 3.29. The van der Waals surface area contributed by atoms with E-state index in [-0.39, 0.29) is 35.0 Å². The third-order valence-corrected chi connectivity index (χ3v) is 6.86. The van der Waals surface area contributed by atoms with Crippen molar-refractivity contribution in [2.45, 2.75) is 59.4 Å². The monoisotopic (exact) mass is 488 g/mol. The Morgan fingerprint density at radius 2 is 1.64 bits per heavy atom. The number of ketones is 1. The van der Waals surface area contributed by atoms with Gasteiger partial charge in [0.2, 0.25) is 5.91 Å². The van der Waals surface area contributed by atoms with E-state index in [2.05, 4.69) is 17.0 Å². The van der Waals surface area contributed by atoms with Gasteiger partial charge in [0.25, 0.3) is 0 Å². The predicted octanol–water partition coefficient (Wildman–Crippen LogP) is 5.40. The Kier molecular flexibility index (Phi) is 7.33. The first-order valence-corrected chi connectivity index (χ1v) is 12.4. The van der Waals surface area contributed by atoms with Crippen LogP contribution in [-0.2, 0) is 4.79 Å². The maximum absolute atomic E-state index is 13.5. The third-order valence-electron chi connectivity index (χ3n) is 6.86. The molecule has 8 heteroatoms. The topological polar surface area (TPSA) is 105 Å². The smallest absolute Gasteiger partial charge is 0.341 e. The van der Waals surface area contributed by atoms with Crippen LogP contribution in [0.4, 0.5) is 5.82 Å². The summed E-state index contributed by atoms with van der Waals surface area (Å²) in [5.74, 6) is -0.595. The van der Waals surface area contributed by atoms with Crippen molar-refractivity contribution in [1.82, 2.24) is 14.8 Å². The van der Waals surface area contributed by atoms with E-state index >= 15 is 0 Å². The second kappa shape index (κ2) is 10.4. The van der Waals surface area contributed by atoms with Crippen LogP contribution < -0.4 is 4.90 Å².